The van der Waals surface area contributed by atoms with E-state index in [9.17, 15) is 13.6 Å². The van der Waals surface area contributed by atoms with Crippen LogP contribution in [0.15, 0.2) is 24.3 Å². The lowest BCUT2D eigenvalue weighted by atomic mass is 9.79. The SMILES string of the molecule is CC(NC(=O)C1(CN)CCOCC1)c1cccc(OC(F)F)c1. The highest BCUT2D eigenvalue weighted by atomic mass is 19.3. The van der Waals surface area contributed by atoms with Crippen LogP contribution in [0.4, 0.5) is 8.78 Å². The predicted octanol–water partition coefficient (Wildman–Crippen LogP) is 2.22. The molecule has 0 aliphatic carbocycles. The summed E-state index contributed by atoms with van der Waals surface area (Å²) in [5.74, 6) is -0.0609. The molecule has 2 rings (SSSR count). The topological polar surface area (TPSA) is 73.6 Å². The number of alkyl halides is 2. The van der Waals surface area contributed by atoms with Crippen LogP contribution in [-0.2, 0) is 9.53 Å². The van der Waals surface area contributed by atoms with E-state index in [0.717, 1.165) is 0 Å². The molecule has 1 aromatic rings. The van der Waals surface area contributed by atoms with Crippen LogP contribution in [0.1, 0.15) is 31.4 Å². The smallest absolute Gasteiger partial charge is 0.387 e. The molecule has 1 unspecified atom stereocenters. The number of carbonyl (C=O) groups excluding carboxylic acids is 1. The molecule has 1 amide bonds. The van der Waals surface area contributed by atoms with E-state index in [1.54, 1.807) is 19.1 Å². The standard InChI is InChI=1S/C16H22F2N2O3/c1-11(12-3-2-4-13(9-12)23-15(17)18)20-14(21)16(10-19)5-7-22-8-6-16/h2-4,9,11,15H,5-8,10,19H2,1H3,(H,20,21). The van der Waals surface area contributed by atoms with Gasteiger partial charge in [0.15, 0.2) is 0 Å². The molecule has 128 valence electrons. The quantitative estimate of drug-likeness (QED) is 0.840. The van der Waals surface area contributed by atoms with Gasteiger partial charge >= 0.3 is 6.61 Å². The van der Waals surface area contributed by atoms with Gasteiger partial charge in [-0.1, -0.05) is 12.1 Å². The van der Waals surface area contributed by atoms with Crippen molar-refractivity contribution in [3.8, 4) is 5.75 Å². The van der Waals surface area contributed by atoms with E-state index in [4.69, 9.17) is 10.5 Å². The van der Waals surface area contributed by atoms with E-state index in [2.05, 4.69) is 10.1 Å². The third kappa shape index (κ3) is 4.39. The Bertz CT molecular complexity index is 534. The number of hydrogen-bond acceptors (Lipinski definition) is 4. The Labute approximate surface area is 134 Å². The summed E-state index contributed by atoms with van der Waals surface area (Å²) in [6, 6.07) is 5.97. The number of amides is 1. The largest absolute Gasteiger partial charge is 0.435 e. The number of carbonyl (C=O) groups is 1. The first-order chi connectivity index (χ1) is 11.0. The second-order valence-corrected chi connectivity index (χ2v) is 5.74. The van der Waals surface area contributed by atoms with Gasteiger partial charge in [0.1, 0.15) is 5.75 Å². The first-order valence-corrected chi connectivity index (χ1v) is 7.60. The van der Waals surface area contributed by atoms with Crippen molar-refractivity contribution in [3.05, 3.63) is 29.8 Å². The van der Waals surface area contributed by atoms with Crippen molar-refractivity contribution in [2.24, 2.45) is 11.1 Å². The zero-order valence-electron chi connectivity index (χ0n) is 13.1. The van der Waals surface area contributed by atoms with Gasteiger partial charge in [-0.3, -0.25) is 4.79 Å². The summed E-state index contributed by atoms with van der Waals surface area (Å²) in [4.78, 5) is 12.6. The van der Waals surface area contributed by atoms with Crippen LogP contribution < -0.4 is 15.8 Å². The summed E-state index contributed by atoms with van der Waals surface area (Å²) in [5, 5.41) is 2.92. The zero-order valence-corrected chi connectivity index (χ0v) is 13.1. The fraction of sp³-hybridized carbons (Fsp3) is 0.562. The predicted molar refractivity (Wildman–Crippen MR) is 81.2 cm³/mol. The Kier molecular flexibility index (Phi) is 5.90. The minimum Gasteiger partial charge on any atom is -0.435 e. The number of nitrogens with two attached hydrogens (primary N) is 1. The molecule has 1 saturated heterocycles. The van der Waals surface area contributed by atoms with Crippen molar-refractivity contribution in [3.63, 3.8) is 0 Å². The van der Waals surface area contributed by atoms with E-state index in [0.29, 0.717) is 31.6 Å². The van der Waals surface area contributed by atoms with Crippen LogP contribution in [0.25, 0.3) is 0 Å². The highest BCUT2D eigenvalue weighted by Gasteiger charge is 2.39. The first-order valence-electron chi connectivity index (χ1n) is 7.60. The summed E-state index contributed by atoms with van der Waals surface area (Å²) in [6.45, 7) is 0.192. The molecular formula is C16H22F2N2O3. The summed E-state index contributed by atoms with van der Waals surface area (Å²) in [6.07, 6.45) is 1.16. The Morgan fingerprint density at radius 2 is 2.13 bits per heavy atom. The minimum atomic E-state index is -2.88. The van der Waals surface area contributed by atoms with Crippen LogP contribution >= 0.6 is 0 Å². The van der Waals surface area contributed by atoms with Gasteiger partial charge < -0.3 is 20.5 Å². The van der Waals surface area contributed by atoms with Crippen LogP contribution in [0.2, 0.25) is 0 Å². The molecule has 7 heteroatoms. The van der Waals surface area contributed by atoms with Gasteiger partial charge in [-0.25, -0.2) is 0 Å². The molecule has 1 aliphatic heterocycles. The number of halogens is 2. The van der Waals surface area contributed by atoms with E-state index in [-0.39, 0.29) is 24.2 Å². The van der Waals surface area contributed by atoms with Gasteiger partial charge in [0, 0.05) is 19.8 Å². The lowest BCUT2D eigenvalue weighted by Gasteiger charge is -2.35. The average molecular weight is 328 g/mol. The molecular weight excluding hydrogens is 306 g/mol. The second kappa shape index (κ2) is 7.70. The maximum atomic E-state index is 12.6. The third-order valence-corrected chi connectivity index (χ3v) is 4.25. The number of hydrogen-bond donors (Lipinski definition) is 2. The highest BCUT2D eigenvalue weighted by Crippen LogP contribution is 2.31. The third-order valence-electron chi connectivity index (χ3n) is 4.25. The summed E-state index contributed by atoms with van der Waals surface area (Å²) in [5.41, 5.74) is 5.88. The van der Waals surface area contributed by atoms with Gasteiger partial charge in [-0.05, 0) is 37.5 Å². The molecule has 1 atom stereocenters. The monoisotopic (exact) mass is 328 g/mol. The summed E-state index contributed by atoms with van der Waals surface area (Å²) in [7, 11) is 0. The Balaban J connectivity index is 2.05. The van der Waals surface area contributed by atoms with Gasteiger partial charge in [-0.2, -0.15) is 8.78 Å². The van der Waals surface area contributed by atoms with Gasteiger partial charge in [-0.15, -0.1) is 0 Å². The summed E-state index contributed by atoms with van der Waals surface area (Å²) < 4.78 is 34.3. The molecule has 1 aromatic carbocycles. The normalized spacial score (nSPS) is 18.5. The molecule has 0 saturated carbocycles. The van der Waals surface area contributed by atoms with Crippen molar-refractivity contribution >= 4 is 5.91 Å². The van der Waals surface area contributed by atoms with Crippen LogP contribution in [-0.4, -0.2) is 32.3 Å². The van der Waals surface area contributed by atoms with Crippen LogP contribution in [0, 0.1) is 5.41 Å². The maximum absolute atomic E-state index is 12.6. The second-order valence-electron chi connectivity index (χ2n) is 5.74. The van der Waals surface area contributed by atoms with Gasteiger partial charge in [0.05, 0.1) is 11.5 Å². The van der Waals surface area contributed by atoms with Gasteiger partial charge in [0.25, 0.3) is 0 Å². The molecule has 1 heterocycles. The fourth-order valence-corrected chi connectivity index (χ4v) is 2.68. The minimum absolute atomic E-state index is 0.0678. The molecule has 3 N–H and O–H groups in total. The maximum Gasteiger partial charge on any atom is 0.387 e. The Hall–Kier alpha value is -1.73. The van der Waals surface area contributed by atoms with Crippen LogP contribution in [0.3, 0.4) is 0 Å². The van der Waals surface area contributed by atoms with E-state index >= 15 is 0 Å². The molecule has 23 heavy (non-hydrogen) atoms. The van der Waals surface area contributed by atoms with Gasteiger partial charge in [0.2, 0.25) is 5.91 Å². The van der Waals surface area contributed by atoms with Crippen molar-refractivity contribution in [2.45, 2.75) is 32.4 Å². The van der Waals surface area contributed by atoms with Crippen molar-refractivity contribution in [2.75, 3.05) is 19.8 Å². The molecule has 0 radical (unpaired) electrons. The highest BCUT2D eigenvalue weighted by molar-refractivity contribution is 5.83. The number of nitrogens with one attached hydrogen (secondary N) is 1. The first kappa shape index (κ1) is 17.6. The van der Waals surface area contributed by atoms with Crippen molar-refractivity contribution in [1.29, 1.82) is 0 Å². The number of rotatable bonds is 6. The Morgan fingerprint density at radius 3 is 2.74 bits per heavy atom. The summed E-state index contributed by atoms with van der Waals surface area (Å²) >= 11 is 0. The lowest BCUT2D eigenvalue weighted by molar-refractivity contribution is -0.136. The molecule has 0 bridgehead atoms. The number of ether oxygens (including phenoxy) is 2. The van der Waals surface area contributed by atoms with E-state index < -0.39 is 12.0 Å². The zero-order chi connectivity index (χ0) is 16.9. The molecule has 1 fully saturated rings. The average Bonchev–Trinajstić information content (AvgIpc) is 2.55. The Morgan fingerprint density at radius 1 is 1.43 bits per heavy atom. The van der Waals surface area contributed by atoms with E-state index in [1.807, 2.05) is 0 Å². The fourth-order valence-electron chi connectivity index (χ4n) is 2.68. The van der Waals surface area contributed by atoms with Crippen molar-refractivity contribution in [1.82, 2.24) is 5.32 Å². The number of benzene rings is 1. The molecule has 5 nitrogen and oxygen atoms in total. The molecule has 1 aliphatic rings. The molecule has 0 aromatic heterocycles. The van der Waals surface area contributed by atoms with Crippen molar-refractivity contribution < 1.29 is 23.0 Å². The molecule has 0 spiro atoms. The van der Waals surface area contributed by atoms with Crippen LogP contribution in [0.5, 0.6) is 5.75 Å². The lowest BCUT2D eigenvalue weighted by Crippen LogP contribution is -2.49. The van der Waals surface area contributed by atoms with E-state index in [1.165, 1.54) is 12.1 Å².